The summed E-state index contributed by atoms with van der Waals surface area (Å²) in [6.07, 6.45) is 4.86. The molecule has 0 spiro atoms. The Hall–Kier alpha value is -3.43. The molecule has 35 heavy (non-hydrogen) atoms. The number of hydrogen-bond donors (Lipinski definition) is 3. The summed E-state index contributed by atoms with van der Waals surface area (Å²) in [7, 11) is 0. The van der Waals surface area contributed by atoms with Gasteiger partial charge in [-0.15, -0.1) is 0 Å². The first-order chi connectivity index (χ1) is 16.8. The van der Waals surface area contributed by atoms with Crippen LogP contribution in [-0.4, -0.2) is 46.3 Å². The van der Waals surface area contributed by atoms with Crippen molar-refractivity contribution in [2.45, 2.75) is 75.9 Å². The number of aromatic amines is 1. The number of alkyl carbamates (subject to hydrolysis) is 1. The predicted molar refractivity (Wildman–Crippen MR) is 127 cm³/mol. The molecule has 1 saturated heterocycles. The lowest BCUT2D eigenvalue weighted by Gasteiger charge is -2.16. The van der Waals surface area contributed by atoms with Gasteiger partial charge in [-0.1, -0.05) is 6.07 Å². The molecule has 3 aliphatic rings. The lowest BCUT2D eigenvalue weighted by Crippen LogP contribution is -2.36. The SMILES string of the molecule is CC1(NC(=O)OC2CCC(c3cc(NC(=O)Cc4ccc(N5CCCC5=O)cc4F)n[nH]3)C2)CC1. The molecule has 2 heterocycles. The fourth-order valence-electron chi connectivity index (χ4n) is 4.81. The molecule has 2 atom stereocenters. The van der Waals surface area contributed by atoms with Crippen LogP contribution >= 0.6 is 0 Å². The van der Waals surface area contributed by atoms with Crippen LogP contribution in [0.1, 0.15) is 69.0 Å². The van der Waals surface area contributed by atoms with Gasteiger partial charge in [0, 0.05) is 41.9 Å². The van der Waals surface area contributed by atoms with Gasteiger partial charge in [-0.25, -0.2) is 9.18 Å². The van der Waals surface area contributed by atoms with E-state index >= 15 is 0 Å². The van der Waals surface area contributed by atoms with Crippen LogP contribution in [0.5, 0.6) is 0 Å². The summed E-state index contributed by atoms with van der Waals surface area (Å²) in [5.74, 6) is -0.393. The van der Waals surface area contributed by atoms with Crippen molar-refractivity contribution in [3.63, 3.8) is 0 Å². The molecular weight excluding hydrogens is 453 g/mol. The highest BCUT2D eigenvalue weighted by atomic mass is 19.1. The predicted octanol–water partition coefficient (Wildman–Crippen LogP) is 3.77. The molecule has 1 aromatic heterocycles. The van der Waals surface area contributed by atoms with Crippen molar-refractivity contribution in [1.29, 1.82) is 0 Å². The van der Waals surface area contributed by atoms with Gasteiger partial charge in [-0.3, -0.25) is 14.7 Å². The molecule has 0 bridgehead atoms. The number of anilines is 2. The first-order valence-electron chi connectivity index (χ1n) is 12.2. The van der Waals surface area contributed by atoms with Crippen LogP contribution < -0.4 is 15.5 Å². The topological polar surface area (TPSA) is 116 Å². The van der Waals surface area contributed by atoms with Crippen LogP contribution in [0.2, 0.25) is 0 Å². The van der Waals surface area contributed by atoms with Crippen LogP contribution in [0.25, 0.3) is 0 Å². The third-order valence-electron chi connectivity index (χ3n) is 7.14. The fraction of sp³-hybridized carbons (Fsp3) is 0.520. The zero-order chi connectivity index (χ0) is 24.6. The number of benzene rings is 1. The van der Waals surface area contributed by atoms with Crippen LogP contribution in [0, 0.1) is 5.82 Å². The van der Waals surface area contributed by atoms with E-state index in [2.05, 4.69) is 20.8 Å². The van der Waals surface area contributed by atoms with Crippen molar-refractivity contribution in [2.24, 2.45) is 0 Å². The molecule has 1 aromatic carbocycles. The molecule has 3 amide bonds. The first kappa shape index (κ1) is 23.3. The Morgan fingerprint density at radius 2 is 2.11 bits per heavy atom. The molecule has 2 aromatic rings. The van der Waals surface area contributed by atoms with E-state index in [-0.39, 0.29) is 47.5 Å². The lowest BCUT2D eigenvalue weighted by molar-refractivity contribution is -0.117. The van der Waals surface area contributed by atoms with Crippen LogP contribution in [0.4, 0.5) is 20.7 Å². The van der Waals surface area contributed by atoms with Gasteiger partial charge >= 0.3 is 6.09 Å². The monoisotopic (exact) mass is 483 g/mol. The largest absolute Gasteiger partial charge is 0.446 e. The summed E-state index contributed by atoms with van der Waals surface area (Å²) in [4.78, 5) is 38.0. The molecule has 1 aliphatic heterocycles. The van der Waals surface area contributed by atoms with Crippen LogP contribution in [0.15, 0.2) is 24.3 Å². The van der Waals surface area contributed by atoms with E-state index in [0.717, 1.165) is 37.8 Å². The molecule has 3 fully saturated rings. The first-order valence-corrected chi connectivity index (χ1v) is 12.2. The normalized spacial score (nSPS) is 22.8. The molecule has 2 saturated carbocycles. The van der Waals surface area contributed by atoms with E-state index in [4.69, 9.17) is 4.74 Å². The minimum atomic E-state index is -0.517. The number of ether oxygens (including phenoxy) is 1. The molecule has 0 radical (unpaired) electrons. The Balaban J connectivity index is 1.12. The minimum Gasteiger partial charge on any atom is -0.446 e. The van der Waals surface area contributed by atoms with Crippen molar-refractivity contribution in [2.75, 3.05) is 16.8 Å². The Bertz CT molecular complexity index is 1140. The van der Waals surface area contributed by atoms with Crippen molar-refractivity contribution in [3.05, 3.63) is 41.3 Å². The zero-order valence-electron chi connectivity index (χ0n) is 19.7. The smallest absolute Gasteiger partial charge is 0.407 e. The molecule has 186 valence electrons. The third-order valence-corrected chi connectivity index (χ3v) is 7.14. The van der Waals surface area contributed by atoms with Gasteiger partial charge in [0.15, 0.2) is 5.82 Å². The lowest BCUT2D eigenvalue weighted by atomic mass is 10.0. The summed E-state index contributed by atoms with van der Waals surface area (Å²) in [6.45, 7) is 2.59. The number of rotatable bonds is 7. The van der Waals surface area contributed by atoms with Crippen molar-refractivity contribution in [1.82, 2.24) is 15.5 Å². The number of amides is 3. The Labute approximate surface area is 202 Å². The quantitative estimate of drug-likeness (QED) is 0.554. The van der Waals surface area contributed by atoms with Crippen molar-refractivity contribution < 1.29 is 23.5 Å². The zero-order valence-corrected chi connectivity index (χ0v) is 19.7. The maximum Gasteiger partial charge on any atom is 0.407 e. The van der Waals surface area contributed by atoms with Crippen molar-refractivity contribution >= 4 is 29.4 Å². The maximum atomic E-state index is 14.6. The minimum absolute atomic E-state index is 0.0137. The summed E-state index contributed by atoms with van der Waals surface area (Å²) in [6, 6.07) is 6.30. The summed E-state index contributed by atoms with van der Waals surface area (Å²) in [5, 5.41) is 12.7. The molecule has 2 aliphatic carbocycles. The highest BCUT2D eigenvalue weighted by molar-refractivity contribution is 5.95. The number of nitrogens with one attached hydrogen (secondary N) is 3. The second kappa shape index (κ2) is 9.31. The van der Waals surface area contributed by atoms with Crippen molar-refractivity contribution in [3.8, 4) is 0 Å². The second-order valence-corrected chi connectivity index (χ2v) is 10.1. The Morgan fingerprint density at radius 3 is 2.83 bits per heavy atom. The molecule has 2 unspecified atom stereocenters. The number of nitrogens with zero attached hydrogens (tertiary/aromatic N) is 2. The number of carbonyl (C=O) groups excluding carboxylic acids is 3. The summed E-state index contributed by atoms with van der Waals surface area (Å²) in [5.41, 5.74) is 1.53. The van der Waals surface area contributed by atoms with Gasteiger partial charge in [0.2, 0.25) is 11.8 Å². The third kappa shape index (κ3) is 5.47. The second-order valence-electron chi connectivity index (χ2n) is 10.1. The van der Waals surface area contributed by atoms with Gasteiger partial charge in [0.25, 0.3) is 0 Å². The number of aromatic nitrogens is 2. The number of carbonyl (C=O) groups is 3. The number of H-pyrrole nitrogens is 1. The van der Waals surface area contributed by atoms with Gasteiger partial charge in [-0.2, -0.15) is 5.10 Å². The van der Waals surface area contributed by atoms with Crippen LogP contribution in [-0.2, 0) is 20.7 Å². The van der Waals surface area contributed by atoms with E-state index in [1.807, 2.05) is 6.92 Å². The van der Waals surface area contributed by atoms with Gasteiger partial charge in [-0.05, 0) is 63.1 Å². The molecule has 3 N–H and O–H groups in total. The van der Waals surface area contributed by atoms with Crippen LogP contribution in [0.3, 0.4) is 0 Å². The van der Waals surface area contributed by atoms with E-state index in [0.29, 0.717) is 30.9 Å². The van der Waals surface area contributed by atoms with Gasteiger partial charge in [0.05, 0.1) is 6.42 Å². The van der Waals surface area contributed by atoms with E-state index in [1.165, 1.54) is 6.07 Å². The average molecular weight is 484 g/mol. The van der Waals surface area contributed by atoms with E-state index in [9.17, 15) is 18.8 Å². The molecule has 5 rings (SSSR count). The fourth-order valence-corrected chi connectivity index (χ4v) is 4.81. The number of hydrogen-bond acceptors (Lipinski definition) is 5. The standard InChI is InChI=1S/C25H30FN5O4/c1-25(8-9-25)28-24(34)35-18-7-5-16(11-18)20-14-21(30-29-20)27-22(32)12-15-4-6-17(13-19(15)26)31-10-2-3-23(31)33/h4,6,13-14,16,18H,2-3,5,7-12H2,1H3,(H,28,34)(H2,27,29,30,32). The maximum absolute atomic E-state index is 14.6. The van der Waals surface area contributed by atoms with Gasteiger partial charge < -0.3 is 20.3 Å². The van der Waals surface area contributed by atoms with E-state index in [1.54, 1.807) is 23.1 Å². The molecule has 9 nitrogen and oxygen atoms in total. The molecule has 10 heteroatoms. The average Bonchev–Trinajstić information content (AvgIpc) is 3.22. The highest BCUT2D eigenvalue weighted by Crippen LogP contribution is 2.37. The Morgan fingerprint density at radius 1 is 1.29 bits per heavy atom. The Kier molecular flexibility index (Phi) is 6.21. The van der Waals surface area contributed by atoms with Gasteiger partial charge in [0.1, 0.15) is 11.9 Å². The van der Waals surface area contributed by atoms with E-state index < -0.39 is 5.82 Å². The molecular formula is C25H30FN5O4. The summed E-state index contributed by atoms with van der Waals surface area (Å²) >= 11 is 0. The number of halogens is 1. The summed E-state index contributed by atoms with van der Waals surface area (Å²) < 4.78 is 20.1. The highest BCUT2D eigenvalue weighted by Gasteiger charge is 2.40.